The lowest BCUT2D eigenvalue weighted by atomic mass is 10.0. The van der Waals surface area contributed by atoms with Crippen LogP contribution in [0.4, 0.5) is 0 Å². The minimum Gasteiger partial charge on any atom is -0.342 e. The first-order chi connectivity index (χ1) is 7.84. The van der Waals surface area contributed by atoms with Crippen LogP contribution in [0, 0.1) is 6.92 Å². The monoisotopic (exact) mass is 213 g/mol. The molecule has 0 spiro atoms. The number of rotatable bonds is 2. The maximum atomic E-state index is 4.47. The molecule has 1 saturated heterocycles. The number of aromatic nitrogens is 2. The van der Waals surface area contributed by atoms with Crippen molar-refractivity contribution in [3.8, 4) is 11.4 Å². The van der Waals surface area contributed by atoms with Gasteiger partial charge in [0.2, 0.25) is 0 Å². The van der Waals surface area contributed by atoms with Crippen molar-refractivity contribution in [3.05, 3.63) is 41.7 Å². The van der Waals surface area contributed by atoms with E-state index in [1.807, 2.05) is 6.20 Å². The number of hydrogen-bond acceptors (Lipinski definition) is 2. The van der Waals surface area contributed by atoms with Gasteiger partial charge in [-0.05, 0) is 12.5 Å². The van der Waals surface area contributed by atoms with Crippen molar-refractivity contribution >= 4 is 0 Å². The summed E-state index contributed by atoms with van der Waals surface area (Å²) in [6.45, 7) is 4.24. The molecule has 0 unspecified atom stereocenters. The molecule has 1 aliphatic rings. The summed E-state index contributed by atoms with van der Waals surface area (Å²) in [5.41, 5.74) is 3.70. The van der Waals surface area contributed by atoms with Gasteiger partial charge >= 0.3 is 0 Å². The molecule has 0 atom stereocenters. The summed E-state index contributed by atoms with van der Waals surface area (Å²) in [4.78, 5) is 7.89. The standard InChI is InChI=1S/C13H15N3/c1-9-4-2-3-5-11(9)13-15-8-12(16-13)10-6-14-7-10/h2-5,8,10,14H,6-7H2,1H3,(H,15,16). The quantitative estimate of drug-likeness (QED) is 0.801. The fourth-order valence-corrected chi connectivity index (χ4v) is 2.03. The molecule has 3 heteroatoms. The van der Waals surface area contributed by atoms with Gasteiger partial charge in [0.25, 0.3) is 0 Å². The summed E-state index contributed by atoms with van der Waals surface area (Å²) in [5, 5.41) is 3.27. The lowest BCUT2D eigenvalue weighted by Crippen LogP contribution is -2.40. The van der Waals surface area contributed by atoms with Crippen molar-refractivity contribution in [1.29, 1.82) is 0 Å². The van der Waals surface area contributed by atoms with Crippen LogP contribution in [-0.4, -0.2) is 23.1 Å². The highest BCUT2D eigenvalue weighted by molar-refractivity contribution is 5.60. The predicted molar refractivity (Wildman–Crippen MR) is 64.4 cm³/mol. The fraction of sp³-hybridized carbons (Fsp3) is 0.308. The number of nitrogens with zero attached hydrogens (tertiary/aromatic N) is 1. The lowest BCUT2D eigenvalue weighted by molar-refractivity contribution is 0.441. The second-order valence-electron chi connectivity index (χ2n) is 4.36. The molecule has 3 nitrogen and oxygen atoms in total. The van der Waals surface area contributed by atoms with Crippen LogP contribution in [0.3, 0.4) is 0 Å². The number of H-pyrrole nitrogens is 1. The summed E-state index contributed by atoms with van der Waals surface area (Å²) in [5.74, 6) is 1.60. The smallest absolute Gasteiger partial charge is 0.137 e. The van der Waals surface area contributed by atoms with E-state index in [-0.39, 0.29) is 0 Å². The van der Waals surface area contributed by atoms with E-state index < -0.39 is 0 Å². The average molecular weight is 213 g/mol. The Balaban J connectivity index is 1.95. The molecule has 0 bridgehead atoms. The van der Waals surface area contributed by atoms with Gasteiger partial charge in [-0.15, -0.1) is 0 Å². The highest BCUT2D eigenvalue weighted by Crippen LogP contribution is 2.23. The van der Waals surface area contributed by atoms with Crippen LogP contribution in [0.25, 0.3) is 11.4 Å². The van der Waals surface area contributed by atoms with Gasteiger partial charge in [-0.2, -0.15) is 0 Å². The molecule has 0 amide bonds. The van der Waals surface area contributed by atoms with Gasteiger partial charge in [0, 0.05) is 36.5 Å². The van der Waals surface area contributed by atoms with Gasteiger partial charge in [0.1, 0.15) is 5.82 Å². The van der Waals surface area contributed by atoms with Gasteiger partial charge in [-0.1, -0.05) is 24.3 Å². The Bertz CT molecular complexity index is 497. The van der Waals surface area contributed by atoms with E-state index >= 15 is 0 Å². The molecule has 0 aliphatic carbocycles. The van der Waals surface area contributed by atoms with Crippen molar-refractivity contribution in [2.75, 3.05) is 13.1 Å². The second kappa shape index (κ2) is 3.76. The third kappa shape index (κ3) is 1.53. The predicted octanol–water partition coefficient (Wildman–Crippen LogP) is 2.07. The van der Waals surface area contributed by atoms with E-state index in [2.05, 4.69) is 46.5 Å². The molecule has 0 saturated carbocycles. The Labute approximate surface area is 94.9 Å². The maximum Gasteiger partial charge on any atom is 0.137 e. The molecule has 1 aromatic heterocycles. The zero-order chi connectivity index (χ0) is 11.0. The minimum absolute atomic E-state index is 0.616. The third-order valence-electron chi connectivity index (χ3n) is 3.22. The van der Waals surface area contributed by atoms with Crippen LogP contribution in [-0.2, 0) is 0 Å². The van der Waals surface area contributed by atoms with Crippen molar-refractivity contribution in [2.24, 2.45) is 0 Å². The van der Waals surface area contributed by atoms with Gasteiger partial charge in [0.05, 0.1) is 0 Å². The topological polar surface area (TPSA) is 40.7 Å². The zero-order valence-corrected chi connectivity index (χ0v) is 9.33. The van der Waals surface area contributed by atoms with Gasteiger partial charge in [-0.25, -0.2) is 4.98 Å². The van der Waals surface area contributed by atoms with Crippen LogP contribution < -0.4 is 5.32 Å². The fourth-order valence-electron chi connectivity index (χ4n) is 2.03. The summed E-state index contributed by atoms with van der Waals surface area (Å²) in [6, 6.07) is 8.33. The number of aromatic amines is 1. The normalized spacial score (nSPS) is 16.1. The van der Waals surface area contributed by atoms with Crippen LogP contribution in [0.5, 0.6) is 0 Å². The number of benzene rings is 1. The SMILES string of the molecule is Cc1ccccc1-c1ncc(C2CNC2)[nH]1. The first-order valence-corrected chi connectivity index (χ1v) is 5.66. The molecular weight excluding hydrogens is 198 g/mol. The molecule has 1 aromatic carbocycles. The van der Waals surface area contributed by atoms with Crippen LogP contribution >= 0.6 is 0 Å². The molecule has 0 radical (unpaired) electrons. The van der Waals surface area contributed by atoms with Crippen molar-refractivity contribution < 1.29 is 0 Å². The van der Waals surface area contributed by atoms with Crippen molar-refractivity contribution in [2.45, 2.75) is 12.8 Å². The van der Waals surface area contributed by atoms with E-state index in [4.69, 9.17) is 0 Å². The van der Waals surface area contributed by atoms with Crippen LogP contribution in [0.15, 0.2) is 30.5 Å². The van der Waals surface area contributed by atoms with Crippen LogP contribution in [0.2, 0.25) is 0 Å². The Kier molecular flexibility index (Phi) is 2.26. The minimum atomic E-state index is 0.616. The van der Waals surface area contributed by atoms with E-state index in [1.165, 1.54) is 16.8 Å². The summed E-state index contributed by atoms with van der Waals surface area (Å²) >= 11 is 0. The molecule has 82 valence electrons. The average Bonchev–Trinajstić information content (AvgIpc) is 2.65. The Morgan fingerprint density at radius 3 is 2.75 bits per heavy atom. The molecular formula is C13H15N3. The number of nitrogens with one attached hydrogen (secondary N) is 2. The molecule has 2 aromatic rings. The van der Waals surface area contributed by atoms with E-state index in [0.29, 0.717) is 5.92 Å². The van der Waals surface area contributed by atoms with Gasteiger partial charge in [0.15, 0.2) is 0 Å². The van der Waals surface area contributed by atoms with Gasteiger partial charge in [-0.3, -0.25) is 0 Å². The third-order valence-corrected chi connectivity index (χ3v) is 3.22. The summed E-state index contributed by atoms with van der Waals surface area (Å²) in [6.07, 6.45) is 1.97. The first-order valence-electron chi connectivity index (χ1n) is 5.66. The highest BCUT2D eigenvalue weighted by Gasteiger charge is 2.21. The lowest BCUT2D eigenvalue weighted by Gasteiger charge is -2.25. The largest absolute Gasteiger partial charge is 0.342 e. The Morgan fingerprint density at radius 2 is 2.06 bits per heavy atom. The summed E-state index contributed by atoms with van der Waals surface area (Å²) < 4.78 is 0. The molecule has 3 rings (SSSR count). The number of hydrogen-bond donors (Lipinski definition) is 2. The van der Waals surface area contributed by atoms with Crippen molar-refractivity contribution in [3.63, 3.8) is 0 Å². The highest BCUT2D eigenvalue weighted by atomic mass is 15.0. The first kappa shape index (κ1) is 9.60. The molecule has 1 fully saturated rings. The molecule has 2 N–H and O–H groups in total. The van der Waals surface area contributed by atoms with E-state index in [0.717, 1.165) is 18.9 Å². The molecule has 16 heavy (non-hydrogen) atoms. The zero-order valence-electron chi connectivity index (χ0n) is 9.33. The Hall–Kier alpha value is -1.61. The molecule has 1 aliphatic heterocycles. The molecule has 2 heterocycles. The van der Waals surface area contributed by atoms with Crippen LogP contribution in [0.1, 0.15) is 17.2 Å². The maximum absolute atomic E-state index is 4.47. The van der Waals surface area contributed by atoms with E-state index in [9.17, 15) is 0 Å². The van der Waals surface area contributed by atoms with E-state index in [1.54, 1.807) is 0 Å². The van der Waals surface area contributed by atoms with Crippen molar-refractivity contribution in [1.82, 2.24) is 15.3 Å². The number of aryl methyl sites for hydroxylation is 1. The summed E-state index contributed by atoms with van der Waals surface area (Å²) in [7, 11) is 0. The number of imidazole rings is 1. The Morgan fingerprint density at radius 1 is 1.25 bits per heavy atom. The van der Waals surface area contributed by atoms with Gasteiger partial charge < -0.3 is 10.3 Å². The second-order valence-corrected chi connectivity index (χ2v) is 4.36.